The largest absolute Gasteiger partial charge is 0.404 e. The Morgan fingerprint density at radius 3 is 2.58 bits per heavy atom. The zero-order valence-electron chi connectivity index (χ0n) is 6.75. The number of halogens is 1. The fourth-order valence-corrected chi connectivity index (χ4v) is 1.71. The molecule has 0 aromatic heterocycles. The molecule has 0 atom stereocenters. The van der Waals surface area contributed by atoms with Crippen LogP contribution in [0.5, 0.6) is 0 Å². The first-order valence-corrected chi connectivity index (χ1v) is 5.72. The van der Waals surface area contributed by atoms with Crippen LogP contribution < -0.4 is 31.7 Å². The first-order valence-electron chi connectivity index (χ1n) is 3.40. The summed E-state index contributed by atoms with van der Waals surface area (Å²) in [7, 11) is 1.60. The molecule has 0 saturated heterocycles. The summed E-state index contributed by atoms with van der Waals surface area (Å²) in [6, 6.07) is 0. The van der Waals surface area contributed by atoms with E-state index < -0.39 is 0 Å². The maximum atomic E-state index is 10.7. The van der Waals surface area contributed by atoms with Crippen molar-refractivity contribution >= 4 is 23.6 Å². The fraction of sp³-hybridized carbons (Fsp3) is 0.667. The van der Waals surface area contributed by atoms with Gasteiger partial charge in [-0.1, -0.05) is 0 Å². The van der Waals surface area contributed by atoms with Gasteiger partial charge in [0.2, 0.25) is 5.91 Å². The van der Waals surface area contributed by atoms with Gasteiger partial charge >= 0.3 is 22.9 Å². The van der Waals surface area contributed by atoms with Crippen molar-refractivity contribution in [2.24, 2.45) is 0 Å². The van der Waals surface area contributed by atoms with Gasteiger partial charge < -0.3 is 5.32 Å². The molecule has 0 aliphatic rings. The van der Waals surface area contributed by atoms with Gasteiger partial charge in [0.25, 0.3) is 5.91 Å². The number of carbonyl (C=O) groups is 2. The number of rotatable bonds is 5. The molecule has 12 heavy (non-hydrogen) atoms. The van der Waals surface area contributed by atoms with Gasteiger partial charge in [0.05, 0.1) is 5.75 Å². The second-order valence-electron chi connectivity index (χ2n) is 2.00. The molecule has 0 aliphatic carbocycles. The molecule has 0 heterocycles. The van der Waals surface area contributed by atoms with E-state index in [-0.39, 0.29) is 11.8 Å². The third-order valence-corrected chi connectivity index (χ3v) is 2.71. The van der Waals surface area contributed by atoms with Gasteiger partial charge in [0, 0.05) is 19.2 Å². The SMILES string of the molecule is CNC(=O)CCSCC(=O)N[IH+]. The van der Waals surface area contributed by atoms with E-state index in [2.05, 4.69) is 8.85 Å². The van der Waals surface area contributed by atoms with E-state index in [9.17, 15) is 9.59 Å². The van der Waals surface area contributed by atoms with Crippen LogP contribution in [0.25, 0.3) is 0 Å². The van der Waals surface area contributed by atoms with Gasteiger partial charge in [-0.2, -0.15) is 11.8 Å². The number of hydrogen-bond acceptors (Lipinski definition) is 3. The number of amides is 2. The highest BCUT2D eigenvalue weighted by Crippen LogP contribution is 2.00. The number of carbonyl (C=O) groups excluding carboxylic acids is 2. The van der Waals surface area contributed by atoms with Crippen molar-refractivity contribution in [2.45, 2.75) is 6.42 Å². The third kappa shape index (κ3) is 6.71. The van der Waals surface area contributed by atoms with Crippen molar-refractivity contribution < 1.29 is 32.5 Å². The minimum Gasteiger partial charge on any atom is -0.359 e. The van der Waals surface area contributed by atoms with Crippen LogP contribution in [0.15, 0.2) is 0 Å². The van der Waals surface area contributed by atoms with Crippen molar-refractivity contribution in [3.8, 4) is 0 Å². The zero-order valence-corrected chi connectivity index (χ0v) is 9.90. The molecule has 0 unspecified atom stereocenters. The number of hydrogen-bond donors (Lipinski definition) is 2. The number of nitrogens with one attached hydrogen (secondary N) is 2. The summed E-state index contributed by atoms with van der Waals surface area (Å²) >= 11 is 2.99. The standard InChI is InChI=1S/C6H11IN2O2S/c1-8-5(10)2-3-12-4-6(11)9-7/h7H,2-4H2,1H3,(H-,8,9,10,11)/p+1. The normalized spacial score (nSPS) is 9.17. The first-order chi connectivity index (χ1) is 5.70. The second kappa shape index (κ2) is 7.66. The van der Waals surface area contributed by atoms with E-state index in [4.69, 9.17) is 0 Å². The van der Waals surface area contributed by atoms with Gasteiger partial charge in [-0.25, -0.2) is 0 Å². The molecule has 0 spiro atoms. The lowest BCUT2D eigenvalue weighted by Gasteiger charge is -1.97. The van der Waals surface area contributed by atoms with Crippen LogP contribution in [-0.4, -0.2) is 30.4 Å². The second-order valence-corrected chi connectivity index (χ2v) is 3.69. The van der Waals surface area contributed by atoms with Crippen molar-refractivity contribution in [1.82, 2.24) is 8.85 Å². The molecule has 0 rings (SSSR count). The van der Waals surface area contributed by atoms with Crippen molar-refractivity contribution in [2.75, 3.05) is 18.6 Å². The van der Waals surface area contributed by atoms with Crippen LogP contribution in [0.3, 0.4) is 0 Å². The lowest BCUT2D eigenvalue weighted by Crippen LogP contribution is -3.42. The average molecular weight is 303 g/mol. The molecule has 0 aromatic rings. The van der Waals surface area contributed by atoms with Gasteiger partial charge in [0.1, 0.15) is 0 Å². The molecular weight excluding hydrogens is 291 g/mol. The predicted octanol–water partition coefficient (Wildman–Crippen LogP) is -3.83. The van der Waals surface area contributed by atoms with Crippen LogP contribution in [0.2, 0.25) is 0 Å². The third-order valence-electron chi connectivity index (χ3n) is 1.10. The Bertz CT molecular complexity index is 148. The Hall–Kier alpha value is 0.0200. The molecule has 0 aromatic carbocycles. The molecule has 0 aliphatic heterocycles. The molecule has 4 nitrogen and oxygen atoms in total. The minimum atomic E-state index is 0.00158. The Morgan fingerprint density at radius 1 is 1.42 bits per heavy atom. The lowest BCUT2D eigenvalue weighted by atomic mass is 10.5. The Balaban J connectivity index is 3.21. The topological polar surface area (TPSA) is 58.2 Å². The summed E-state index contributed by atoms with van der Waals surface area (Å²) in [5.41, 5.74) is 0. The van der Waals surface area contributed by atoms with E-state index in [0.717, 1.165) is 0 Å². The zero-order chi connectivity index (χ0) is 9.40. The molecule has 0 fully saturated rings. The summed E-state index contributed by atoms with van der Waals surface area (Å²) in [4.78, 5) is 21.4. The summed E-state index contributed by atoms with van der Waals surface area (Å²) in [6.07, 6.45) is 0.471. The van der Waals surface area contributed by atoms with E-state index >= 15 is 0 Å². The van der Waals surface area contributed by atoms with Crippen molar-refractivity contribution in [1.29, 1.82) is 0 Å². The summed E-state index contributed by atoms with van der Waals surface area (Å²) in [5, 5.41) is 2.51. The highest BCUT2D eigenvalue weighted by molar-refractivity contribution is 7.99. The Kier molecular flexibility index (Phi) is 7.67. The van der Waals surface area contributed by atoms with Crippen LogP contribution in [0.4, 0.5) is 0 Å². The van der Waals surface area contributed by atoms with E-state index in [0.29, 0.717) is 17.9 Å². The van der Waals surface area contributed by atoms with E-state index in [1.165, 1.54) is 34.6 Å². The van der Waals surface area contributed by atoms with Gasteiger partial charge in [-0.15, -0.1) is 3.53 Å². The van der Waals surface area contributed by atoms with Crippen LogP contribution >= 0.6 is 11.8 Å². The Labute approximate surface area is 89.7 Å². The fourth-order valence-electron chi connectivity index (χ4n) is 0.484. The maximum absolute atomic E-state index is 10.7. The summed E-state index contributed by atoms with van der Waals surface area (Å²) in [6.45, 7) is 0. The average Bonchev–Trinajstić information content (AvgIpc) is 2.11. The molecule has 2 N–H and O–H groups in total. The quantitative estimate of drug-likeness (QED) is 0.311. The highest BCUT2D eigenvalue weighted by atomic mass is 127. The monoisotopic (exact) mass is 303 g/mol. The first kappa shape index (κ1) is 12.0. The van der Waals surface area contributed by atoms with Crippen molar-refractivity contribution in [3.05, 3.63) is 0 Å². The van der Waals surface area contributed by atoms with Crippen LogP contribution in [-0.2, 0) is 9.59 Å². The van der Waals surface area contributed by atoms with Gasteiger partial charge in [0.15, 0.2) is 0 Å². The van der Waals surface area contributed by atoms with Gasteiger partial charge in [-0.05, 0) is 0 Å². The molecule has 0 bridgehead atoms. The molecule has 2 amide bonds. The summed E-state index contributed by atoms with van der Waals surface area (Å²) in [5.74, 6) is 1.13. The smallest absolute Gasteiger partial charge is 0.359 e. The maximum Gasteiger partial charge on any atom is 0.404 e. The van der Waals surface area contributed by atoms with Gasteiger partial charge in [-0.3, -0.25) is 9.59 Å². The Morgan fingerprint density at radius 2 is 2.08 bits per heavy atom. The molecule has 0 radical (unpaired) electrons. The molecule has 6 heteroatoms. The van der Waals surface area contributed by atoms with Crippen LogP contribution in [0.1, 0.15) is 6.42 Å². The van der Waals surface area contributed by atoms with Crippen molar-refractivity contribution in [3.63, 3.8) is 0 Å². The van der Waals surface area contributed by atoms with Crippen LogP contribution in [0, 0.1) is 0 Å². The number of thioether (sulfide) groups is 1. The van der Waals surface area contributed by atoms with E-state index in [1.807, 2.05) is 0 Å². The van der Waals surface area contributed by atoms with E-state index in [1.54, 1.807) is 7.05 Å². The lowest BCUT2D eigenvalue weighted by molar-refractivity contribution is -0.426. The molecule has 0 saturated carbocycles. The highest BCUT2D eigenvalue weighted by Gasteiger charge is 2.03. The molecule has 70 valence electrons. The summed E-state index contributed by atoms with van der Waals surface area (Å²) < 4.78 is 2.52. The molecular formula is C6H12IN2O2S+. The minimum absolute atomic E-state index is 0.00158. The predicted molar refractivity (Wildman–Crippen MR) is 45.5 cm³/mol.